The Morgan fingerprint density at radius 2 is 2.11 bits per heavy atom. The number of hydrogen-bond donors (Lipinski definition) is 1. The Morgan fingerprint density at radius 1 is 1.37 bits per heavy atom. The Bertz CT molecular complexity index is 593. The second-order valence-electron chi connectivity index (χ2n) is 4.56. The van der Waals surface area contributed by atoms with Gasteiger partial charge in [0.2, 0.25) is 0 Å². The highest BCUT2D eigenvalue weighted by molar-refractivity contribution is 6.31. The molecule has 0 spiro atoms. The molecule has 5 heteroatoms. The van der Waals surface area contributed by atoms with Crippen LogP contribution < -0.4 is 5.73 Å². The van der Waals surface area contributed by atoms with Gasteiger partial charge in [-0.1, -0.05) is 23.7 Å². The van der Waals surface area contributed by atoms with Crippen LogP contribution in [0, 0.1) is 19.7 Å². The number of benzene rings is 1. The van der Waals surface area contributed by atoms with Gasteiger partial charge in [-0.15, -0.1) is 0 Å². The predicted molar refractivity (Wildman–Crippen MR) is 75.0 cm³/mol. The van der Waals surface area contributed by atoms with Crippen LogP contribution in [0.25, 0.3) is 0 Å². The molecule has 0 aliphatic carbocycles. The number of rotatable bonds is 4. The average molecular weight is 282 g/mol. The molecule has 19 heavy (non-hydrogen) atoms. The van der Waals surface area contributed by atoms with E-state index < -0.39 is 5.82 Å². The zero-order chi connectivity index (χ0) is 14.0. The summed E-state index contributed by atoms with van der Waals surface area (Å²) < 4.78 is 15.3. The third kappa shape index (κ3) is 2.80. The Balaban J connectivity index is 2.34. The van der Waals surface area contributed by atoms with E-state index in [1.807, 2.05) is 24.6 Å². The molecule has 2 aromatic rings. The Labute approximate surface area is 117 Å². The quantitative estimate of drug-likeness (QED) is 0.936. The largest absolute Gasteiger partial charge is 0.330 e. The maximum Gasteiger partial charge on any atom is 0.142 e. The van der Waals surface area contributed by atoms with Crippen LogP contribution >= 0.6 is 11.6 Å². The highest BCUT2D eigenvalue weighted by Crippen LogP contribution is 2.22. The van der Waals surface area contributed by atoms with Gasteiger partial charge in [0, 0.05) is 5.69 Å². The minimum atomic E-state index is -0.400. The molecule has 1 aromatic carbocycles. The summed E-state index contributed by atoms with van der Waals surface area (Å²) in [6.45, 7) is 5.02. The van der Waals surface area contributed by atoms with Crippen LogP contribution in [0.15, 0.2) is 18.2 Å². The van der Waals surface area contributed by atoms with Gasteiger partial charge >= 0.3 is 0 Å². The van der Waals surface area contributed by atoms with Crippen LogP contribution in [0.3, 0.4) is 0 Å². The van der Waals surface area contributed by atoms with Crippen molar-refractivity contribution in [2.24, 2.45) is 5.73 Å². The molecule has 0 fully saturated rings. The minimum Gasteiger partial charge on any atom is -0.330 e. The molecule has 102 valence electrons. The van der Waals surface area contributed by atoms with Gasteiger partial charge < -0.3 is 5.73 Å². The summed E-state index contributed by atoms with van der Waals surface area (Å²) in [5.74, 6) is -0.400. The lowest BCUT2D eigenvalue weighted by Crippen LogP contribution is -2.07. The fraction of sp³-hybridized carbons (Fsp3) is 0.357. The van der Waals surface area contributed by atoms with Gasteiger partial charge in [0.15, 0.2) is 0 Å². The summed E-state index contributed by atoms with van der Waals surface area (Å²) in [4.78, 5) is 0. The van der Waals surface area contributed by atoms with Gasteiger partial charge in [0.25, 0.3) is 0 Å². The van der Waals surface area contributed by atoms with Gasteiger partial charge in [0.1, 0.15) is 5.82 Å². The molecular weight excluding hydrogens is 265 g/mol. The van der Waals surface area contributed by atoms with Crippen molar-refractivity contribution in [2.45, 2.75) is 26.8 Å². The fourth-order valence-electron chi connectivity index (χ4n) is 2.23. The molecule has 0 saturated carbocycles. The molecule has 2 rings (SSSR count). The smallest absolute Gasteiger partial charge is 0.142 e. The molecule has 0 atom stereocenters. The van der Waals surface area contributed by atoms with Crippen molar-refractivity contribution < 1.29 is 4.39 Å². The SMILES string of the molecule is Cc1nn(Cc2cccc(F)c2Cl)c(C)c1CCN. The third-order valence-electron chi connectivity index (χ3n) is 3.28. The van der Waals surface area contributed by atoms with Crippen molar-refractivity contribution in [1.29, 1.82) is 0 Å². The lowest BCUT2D eigenvalue weighted by molar-refractivity contribution is 0.616. The molecule has 0 bridgehead atoms. The molecule has 0 radical (unpaired) electrons. The van der Waals surface area contributed by atoms with E-state index in [1.54, 1.807) is 6.07 Å². The van der Waals surface area contributed by atoms with E-state index in [9.17, 15) is 4.39 Å². The van der Waals surface area contributed by atoms with Crippen LogP contribution in [0.1, 0.15) is 22.5 Å². The average Bonchev–Trinajstić information content (AvgIpc) is 2.63. The summed E-state index contributed by atoms with van der Waals surface area (Å²) in [6.07, 6.45) is 0.800. The van der Waals surface area contributed by atoms with Crippen LogP contribution in [0.5, 0.6) is 0 Å². The molecule has 1 heterocycles. The normalized spacial score (nSPS) is 11.0. The monoisotopic (exact) mass is 281 g/mol. The lowest BCUT2D eigenvalue weighted by Gasteiger charge is -2.08. The van der Waals surface area contributed by atoms with Crippen LogP contribution in [-0.4, -0.2) is 16.3 Å². The fourth-order valence-corrected chi connectivity index (χ4v) is 2.41. The second kappa shape index (κ2) is 5.72. The Morgan fingerprint density at radius 3 is 2.79 bits per heavy atom. The van der Waals surface area contributed by atoms with E-state index >= 15 is 0 Å². The zero-order valence-electron chi connectivity index (χ0n) is 11.1. The molecule has 0 saturated heterocycles. The highest BCUT2D eigenvalue weighted by Gasteiger charge is 2.13. The van der Waals surface area contributed by atoms with Gasteiger partial charge in [-0.3, -0.25) is 4.68 Å². The second-order valence-corrected chi connectivity index (χ2v) is 4.94. The summed E-state index contributed by atoms with van der Waals surface area (Å²) in [5.41, 5.74) is 9.51. The number of aryl methyl sites for hydroxylation is 1. The predicted octanol–water partition coefficient (Wildman–Crippen LogP) is 2.84. The first-order valence-corrected chi connectivity index (χ1v) is 6.58. The van der Waals surface area contributed by atoms with Crippen LogP contribution in [0.4, 0.5) is 4.39 Å². The molecule has 3 nitrogen and oxygen atoms in total. The topological polar surface area (TPSA) is 43.8 Å². The first-order valence-electron chi connectivity index (χ1n) is 6.20. The van der Waals surface area contributed by atoms with E-state index in [1.165, 1.54) is 6.07 Å². The van der Waals surface area contributed by atoms with Gasteiger partial charge in [-0.2, -0.15) is 5.10 Å². The molecule has 0 amide bonds. The van der Waals surface area contributed by atoms with Crippen molar-refractivity contribution in [2.75, 3.05) is 6.54 Å². The van der Waals surface area contributed by atoms with Crippen molar-refractivity contribution in [3.05, 3.63) is 51.6 Å². The van der Waals surface area contributed by atoms with E-state index in [0.717, 1.165) is 28.9 Å². The summed E-state index contributed by atoms with van der Waals surface area (Å²) >= 11 is 5.97. The standard InChI is InChI=1S/C14H17ClFN3/c1-9-12(6-7-17)10(2)19(18-9)8-11-4-3-5-13(16)14(11)15/h3-5H,6-8,17H2,1-2H3. The number of hydrogen-bond acceptors (Lipinski definition) is 2. The Kier molecular flexibility index (Phi) is 4.22. The number of nitrogens with zero attached hydrogens (tertiary/aromatic N) is 2. The summed E-state index contributed by atoms with van der Waals surface area (Å²) in [5, 5.41) is 4.64. The highest BCUT2D eigenvalue weighted by atomic mass is 35.5. The number of halogens is 2. The number of aromatic nitrogens is 2. The van der Waals surface area contributed by atoms with Crippen LogP contribution in [0.2, 0.25) is 5.02 Å². The summed E-state index contributed by atoms with van der Waals surface area (Å²) in [7, 11) is 0. The van der Waals surface area contributed by atoms with Crippen LogP contribution in [-0.2, 0) is 13.0 Å². The van der Waals surface area contributed by atoms with E-state index in [-0.39, 0.29) is 5.02 Å². The van der Waals surface area contributed by atoms with Crippen molar-refractivity contribution in [1.82, 2.24) is 9.78 Å². The summed E-state index contributed by atoms with van der Waals surface area (Å²) in [6, 6.07) is 4.82. The molecule has 2 N–H and O–H groups in total. The molecule has 1 aromatic heterocycles. The minimum absolute atomic E-state index is 0.162. The third-order valence-corrected chi connectivity index (χ3v) is 3.70. The van der Waals surface area contributed by atoms with E-state index in [0.29, 0.717) is 13.1 Å². The molecular formula is C14H17ClFN3. The molecule has 0 aliphatic heterocycles. The number of nitrogens with two attached hydrogens (primary N) is 1. The Hall–Kier alpha value is -1.39. The van der Waals surface area contributed by atoms with E-state index in [2.05, 4.69) is 5.10 Å². The molecule has 0 aliphatic rings. The lowest BCUT2D eigenvalue weighted by atomic mass is 10.1. The first-order chi connectivity index (χ1) is 9.04. The zero-order valence-corrected chi connectivity index (χ0v) is 11.8. The van der Waals surface area contributed by atoms with Gasteiger partial charge in [-0.05, 0) is 44.0 Å². The van der Waals surface area contributed by atoms with Gasteiger partial charge in [0.05, 0.1) is 17.3 Å². The van der Waals surface area contributed by atoms with Crippen molar-refractivity contribution in [3.8, 4) is 0 Å². The van der Waals surface area contributed by atoms with Crippen molar-refractivity contribution >= 4 is 11.6 Å². The molecule has 0 unspecified atom stereocenters. The maximum absolute atomic E-state index is 13.4. The van der Waals surface area contributed by atoms with E-state index in [4.69, 9.17) is 17.3 Å². The van der Waals surface area contributed by atoms with Crippen molar-refractivity contribution in [3.63, 3.8) is 0 Å². The maximum atomic E-state index is 13.4. The first kappa shape index (κ1) is 14.0. The van der Waals surface area contributed by atoms with Gasteiger partial charge in [-0.25, -0.2) is 4.39 Å².